The molecule has 0 amide bonds. The summed E-state index contributed by atoms with van der Waals surface area (Å²) in [7, 11) is -3.61. The van der Waals surface area contributed by atoms with E-state index in [9.17, 15) is 8.42 Å². The van der Waals surface area contributed by atoms with Crippen molar-refractivity contribution in [1.82, 2.24) is 4.72 Å². The average Bonchev–Trinajstić information content (AvgIpc) is 2.25. The highest BCUT2D eigenvalue weighted by molar-refractivity contribution is 7.89. The molecule has 0 aliphatic rings. The molecule has 1 N–H and O–H groups in total. The molecule has 0 fully saturated rings. The molecule has 17 heavy (non-hydrogen) atoms. The first-order chi connectivity index (χ1) is 7.86. The van der Waals surface area contributed by atoms with Gasteiger partial charge in [0.1, 0.15) is 6.04 Å². The summed E-state index contributed by atoms with van der Waals surface area (Å²) < 4.78 is 26.4. The number of nitriles is 1. The van der Waals surface area contributed by atoms with Gasteiger partial charge >= 0.3 is 0 Å². The molecule has 1 aromatic carbocycles. The molecule has 1 unspecified atom stereocenters. The van der Waals surface area contributed by atoms with Crippen LogP contribution < -0.4 is 4.72 Å². The van der Waals surface area contributed by atoms with Crippen molar-refractivity contribution in [2.45, 2.75) is 31.7 Å². The molecule has 1 aromatic rings. The minimum absolute atomic E-state index is 0.0698. The van der Waals surface area contributed by atoms with Crippen LogP contribution in [-0.4, -0.2) is 14.5 Å². The summed E-state index contributed by atoms with van der Waals surface area (Å²) >= 11 is 0. The quantitative estimate of drug-likeness (QED) is 0.888. The van der Waals surface area contributed by atoms with Gasteiger partial charge in [-0.15, -0.1) is 0 Å². The third kappa shape index (κ3) is 3.55. The number of benzene rings is 1. The van der Waals surface area contributed by atoms with Gasteiger partial charge < -0.3 is 0 Å². The highest BCUT2D eigenvalue weighted by Gasteiger charge is 2.21. The number of hydrogen-bond donors (Lipinski definition) is 1. The fraction of sp³-hybridized carbons (Fsp3) is 0.417. The van der Waals surface area contributed by atoms with Gasteiger partial charge in [-0.2, -0.15) is 9.98 Å². The first kappa shape index (κ1) is 13.7. The van der Waals surface area contributed by atoms with Gasteiger partial charge in [-0.25, -0.2) is 8.42 Å². The van der Waals surface area contributed by atoms with E-state index in [0.29, 0.717) is 0 Å². The number of hydrogen-bond acceptors (Lipinski definition) is 3. The van der Waals surface area contributed by atoms with E-state index in [-0.39, 0.29) is 10.8 Å². The molecule has 1 atom stereocenters. The number of aryl methyl sites for hydroxylation is 1. The lowest BCUT2D eigenvalue weighted by molar-refractivity contribution is 0.515. The monoisotopic (exact) mass is 252 g/mol. The first-order valence-corrected chi connectivity index (χ1v) is 6.84. The van der Waals surface area contributed by atoms with Gasteiger partial charge in [0.15, 0.2) is 0 Å². The van der Waals surface area contributed by atoms with Crippen LogP contribution in [0.2, 0.25) is 0 Å². The van der Waals surface area contributed by atoms with Gasteiger partial charge in [-0.05, 0) is 30.5 Å². The zero-order chi connectivity index (χ0) is 13.1. The van der Waals surface area contributed by atoms with Crippen LogP contribution in [0.25, 0.3) is 0 Å². The Morgan fingerprint density at radius 3 is 2.47 bits per heavy atom. The van der Waals surface area contributed by atoms with Gasteiger partial charge in [0.05, 0.1) is 11.0 Å². The molecule has 0 heterocycles. The molecule has 4 nitrogen and oxygen atoms in total. The molecule has 0 saturated carbocycles. The van der Waals surface area contributed by atoms with E-state index in [4.69, 9.17) is 5.26 Å². The molecule has 0 saturated heterocycles. The van der Waals surface area contributed by atoms with Gasteiger partial charge in [0.2, 0.25) is 10.0 Å². The van der Waals surface area contributed by atoms with E-state index in [2.05, 4.69) is 4.72 Å². The normalized spacial score (nSPS) is 13.4. The van der Waals surface area contributed by atoms with E-state index in [1.54, 1.807) is 26.0 Å². The predicted octanol–water partition coefficient (Wildman–Crippen LogP) is 1.82. The number of nitrogens with zero attached hydrogens (tertiary/aromatic N) is 1. The zero-order valence-electron chi connectivity index (χ0n) is 10.1. The average molecular weight is 252 g/mol. The van der Waals surface area contributed by atoms with E-state index in [1.807, 2.05) is 19.1 Å². The minimum atomic E-state index is -3.61. The summed E-state index contributed by atoms with van der Waals surface area (Å²) in [6, 6.07) is 7.85. The fourth-order valence-electron chi connectivity index (χ4n) is 1.33. The molecule has 0 aliphatic heterocycles. The second-order valence-corrected chi connectivity index (χ2v) is 6.00. The Kier molecular flexibility index (Phi) is 4.27. The van der Waals surface area contributed by atoms with Gasteiger partial charge in [0, 0.05) is 0 Å². The molecular formula is C12H16N2O2S. The van der Waals surface area contributed by atoms with Crippen molar-refractivity contribution in [1.29, 1.82) is 5.26 Å². The number of rotatable bonds is 4. The highest BCUT2D eigenvalue weighted by atomic mass is 32.2. The third-order valence-electron chi connectivity index (χ3n) is 2.39. The van der Waals surface area contributed by atoms with Crippen LogP contribution in [0.1, 0.15) is 19.4 Å². The smallest absolute Gasteiger partial charge is 0.207 e. The Morgan fingerprint density at radius 2 is 2.00 bits per heavy atom. The van der Waals surface area contributed by atoms with Crippen molar-refractivity contribution in [3.05, 3.63) is 29.8 Å². The maximum absolute atomic E-state index is 12.0. The van der Waals surface area contributed by atoms with Crippen LogP contribution in [0.3, 0.4) is 0 Å². The summed E-state index contributed by atoms with van der Waals surface area (Å²) in [4.78, 5) is 0.193. The topological polar surface area (TPSA) is 70.0 Å². The summed E-state index contributed by atoms with van der Waals surface area (Å²) in [6.07, 6.45) is 0. The maximum Gasteiger partial charge on any atom is 0.241 e. The molecule has 0 aromatic heterocycles. The Balaban J connectivity index is 3.01. The SMILES string of the molecule is Cc1cccc(S(=O)(=O)NC(C#N)C(C)C)c1. The molecule has 0 aliphatic carbocycles. The summed E-state index contributed by atoms with van der Waals surface area (Å²) in [5, 5.41) is 8.88. The second-order valence-electron chi connectivity index (χ2n) is 4.29. The van der Waals surface area contributed by atoms with Gasteiger partial charge in [-0.3, -0.25) is 0 Å². The molecule has 0 spiro atoms. The van der Waals surface area contributed by atoms with Crippen molar-refractivity contribution in [2.24, 2.45) is 5.92 Å². The lowest BCUT2D eigenvalue weighted by Gasteiger charge is -2.15. The Morgan fingerprint density at radius 1 is 1.35 bits per heavy atom. The number of nitrogens with one attached hydrogen (secondary N) is 1. The number of sulfonamides is 1. The van der Waals surface area contributed by atoms with Crippen molar-refractivity contribution in [3.8, 4) is 6.07 Å². The van der Waals surface area contributed by atoms with Crippen LogP contribution in [0.15, 0.2) is 29.2 Å². The second kappa shape index (κ2) is 5.30. The van der Waals surface area contributed by atoms with E-state index in [1.165, 1.54) is 6.07 Å². The Bertz CT molecular complexity index is 530. The van der Waals surface area contributed by atoms with Gasteiger partial charge in [-0.1, -0.05) is 26.0 Å². The Labute approximate surface area is 102 Å². The van der Waals surface area contributed by atoms with Crippen molar-refractivity contribution in [3.63, 3.8) is 0 Å². The van der Waals surface area contributed by atoms with E-state index < -0.39 is 16.1 Å². The summed E-state index contributed by atoms with van der Waals surface area (Å²) in [5.41, 5.74) is 0.867. The molecule has 0 bridgehead atoms. The van der Waals surface area contributed by atoms with Crippen molar-refractivity contribution >= 4 is 10.0 Å². The lowest BCUT2D eigenvalue weighted by Crippen LogP contribution is -2.37. The molecular weight excluding hydrogens is 236 g/mol. The van der Waals surface area contributed by atoms with Crippen LogP contribution in [-0.2, 0) is 10.0 Å². The van der Waals surface area contributed by atoms with Crippen molar-refractivity contribution < 1.29 is 8.42 Å². The van der Waals surface area contributed by atoms with E-state index in [0.717, 1.165) is 5.56 Å². The summed E-state index contributed by atoms with van der Waals surface area (Å²) in [5.74, 6) is -0.0698. The van der Waals surface area contributed by atoms with Crippen molar-refractivity contribution in [2.75, 3.05) is 0 Å². The summed E-state index contributed by atoms with van der Waals surface area (Å²) in [6.45, 7) is 5.42. The Hall–Kier alpha value is -1.38. The fourth-order valence-corrected chi connectivity index (χ4v) is 2.72. The molecule has 1 rings (SSSR count). The van der Waals surface area contributed by atoms with E-state index >= 15 is 0 Å². The molecule has 0 radical (unpaired) electrons. The largest absolute Gasteiger partial charge is 0.241 e. The minimum Gasteiger partial charge on any atom is -0.207 e. The molecule has 92 valence electrons. The predicted molar refractivity (Wildman–Crippen MR) is 65.7 cm³/mol. The first-order valence-electron chi connectivity index (χ1n) is 5.35. The van der Waals surface area contributed by atoms with Crippen LogP contribution in [0.4, 0.5) is 0 Å². The van der Waals surface area contributed by atoms with Gasteiger partial charge in [0.25, 0.3) is 0 Å². The lowest BCUT2D eigenvalue weighted by atomic mass is 10.1. The van der Waals surface area contributed by atoms with Crippen LogP contribution >= 0.6 is 0 Å². The third-order valence-corrected chi connectivity index (χ3v) is 3.83. The standard InChI is InChI=1S/C12H16N2O2S/c1-9(2)12(8-13)14-17(15,16)11-6-4-5-10(3)7-11/h4-7,9,12,14H,1-3H3. The maximum atomic E-state index is 12.0. The highest BCUT2D eigenvalue weighted by Crippen LogP contribution is 2.12. The van der Waals surface area contributed by atoms with Crippen LogP contribution in [0, 0.1) is 24.2 Å². The zero-order valence-corrected chi connectivity index (χ0v) is 11.0. The van der Waals surface area contributed by atoms with Crippen LogP contribution in [0.5, 0.6) is 0 Å². The molecule has 5 heteroatoms.